The molecule has 5 nitrogen and oxygen atoms in total. The van der Waals surface area contributed by atoms with Gasteiger partial charge in [0.2, 0.25) is 5.96 Å². The summed E-state index contributed by atoms with van der Waals surface area (Å²) < 4.78 is 71.0. The average molecular weight is 459 g/mol. The van der Waals surface area contributed by atoms with Crippen molar-refractivity contribution in [1.82, 2.24) is 4.72 Å². The molecule has 0 aliphatic carbocycles. The minimum Gasteiger partial charge on any atom is -0.324 e. The molecule has 0 saturated heterocycles. The summed E-state index contributed by atoms with van der Waals surface area (Å²) in [5.74, 6) is -2.51. The number of benzene rings is 3. The maximum atomic E-state index is 14.9. The average Bonchev–Trinajstić information content (AvgIpc) is 2.74. The molecule has 3 aromatic carbocycles. The Morgan fingerprint density at radius 2 is 1.66 bits per heavy atom. The van der Waals surface area contributed by atoms with Crippen LogP contribution in [-0.4, -0.2) is 14.4 Å². The molecule has 0 bridgehead atoms. The summed E-state index contributed by atoms with van der Waals surface area (Å²) in [5.41, 5.74) is 1.20. The second-order valence-corrected chi connectivity index (χ2v) is 9.15. The fourth-order valence-electron chi connectivity index (χ4n) is 3.72. The Labute approximate surface area is 184 Å². The summed E-state index contributed by atoms with van der Waals surface area (Å²) in [5, 5.41) is 2.84. The van der Waals surface area contributed by atoms with Gasteiger partial charge in [0.15, 0.2) is 0 Å². The van der Waals surface area contributed by atoms with Crippen molar-refractivity contribution in [3.63, 3.8) is 0 Å². The molecule has 1 unspecified atom stereocenters. The molecule has 4 rings (SSSR count). The molecule has 32 heavy (non-hydrogen) atoms. The first-order valence-electron chi connectivity index (χ1n) is 9.84. The first-order chi connectivity index (χ1) is 15.2. The minimum absolute atomic E-state index is 0.00268. The molecule has 1 aliphatic heterocycles. The van der Waals surface area contributed by atoms with Crippen LogP contribution in [0.25, 0.3) is 0 Å². The zero-order valence-electron chi connectivity index (χ0n) is 17.3. The van der Waals surface area contributed by atoms with Crippen LogP contribution in [0.1, 0.15) is 35.1 Å². The molecule has 1 atom stereocenters. The lowest BCUT2D eigenvalue weighted by Crippen LogP contribution is -2.41. The SMILES string of the molecule is Cc1c(F)cccc1CN=C1Nc2c(ccc(F)c2C(C)c2ccccc2F)S(=O)(=O)N1. The third kappa shape index (κ3) is 3.95. The van der Waals surface area contributed by atoms with Crippen molar-refractivity contribution in [3.8, 4) is 0 Å². The number of halogens is 3. The summed E-state index contributed by atoms with van der Waals surface area (Å²) in [6.45, 7) is 3.19. The van der Waals surface area contributed by atoms with Crippen LogP contribution in [0.5, 0.6) is 0 Å². The minimum atomic E-state index is -4.06. The van der Waals surface area contributed by atoms with E-state index in [-0.39, 0.29) is 34.2 Å². The maximum Gasteiger partial charge on any atom is 0.266 e. The molecule has 0 saturated carbocycles. The number of nitrogens with one attached hydrogen (secondary N) is 2. The fraction of sp³-hybridized carbons (Fsp3) is 0.174. The summed E-state index contributed by atoms with van der Waals surface area (Å²) in [4.78, 5) is 4.05. The van der Waals surface area contributed by atoms with Crippen molar-refractivity contribution in [3.05, 3.63) is 94.3 Å². The summed E-state index contributed by atoms with van der Waals surface area (Å²) in [7, 11) is -4.06. The number of aliphatic imine (C=N–C) groups is 1. The van der Waals surface area contributed by atoms with E-state index in [0.717, 1.165) is 12.1 Å². The Kier molecular flexibility index (Phi) is 5.68. The number of guanidine groups is 1. The third-order valence-corrected chi connectivity index (χ3v) is 6.89. The van der Waals surface area contributed by atoms with Crippen LogP contribution in [-0.2, 0) is 16.6 Å². The molecule has 0 fully saturated rings. The highest BCUT2D eigenvalue weighted by molar-refractivity contribution is 7.90. The van der Waals surface area contributed by atoms with Crippen LogP contribution < -0.4 is 10.0 Å². The highest BCUT2D eigenvalue weighted by Gasteiger charge is 2.32. The van der Waals surface area contributed by atoms with Gasteiger partial charge in [-0.15, -0.1) is 0 Å². The van der Waals surface area contributed by atoms with Gasteiger partial charge in [0, 0.05) is 11.5 Å². The van der Waals surface area contributed by atoms with E-state index in [4.69, 9.17) is 0 Å². The highest BCUT2D eigenvalue weighted by atomic mass is 32.2. The quantitative estimate of drug-likeness (QED) is 0.588. The van der Waals surface area contributed by atoms with Gasteiger partial charge in [-0.05, 0) is 47.9 Å². The molecule has 0 spiro atoms. The van der Waals surface area contributed by atoms with E-state index in [0.29, 0.717) is 11.1 Å². The monoisotopic (exact) mass is 459 g/mol. The number of rotatable bonds is 4. The topological polar surface area (TPSA) is 70.6 Å². The molecule has 2 N–H and O–H groups in total. The predicted molar refractivity (Wildman–Crippen MR) is 117 cm³/mol. The zero-order chi connectivity index (χ0) is 23.0. The van der Waals surface area contributed by atoms with E-state index in [1.54, 1.807) is 26.0 Å². The van der Waals surface area contributed by atoms with Crippen molar-refractivity contribution in [2.75, 3.05) is 5.32 Å². The first-order valence-corrected chi connectivity index (χ1v) is 11.3. The van der Waals surface area contributed by atoms with Gasteiger partial charge in [-0.2, -0.15) is 0 Å². The fourth-order valence-corrected chi connectivity index (χ4v) is 4.87. The van der Waals surface area contributed by atoms with Gasteiger partial charge in [-0.1, -0.05) is 37.3 Å². The smallest absolute Gasteiger partial charge is 0.266 e. The van der Waals surface area contributed by atoms with E-state index in [1.165, 1.54) is 30.3 Å². The summed E-state index contributed by atoms with van der Waals surface area (Å²) in [6, 6.07) is 12.7. The van der Waals surface area contributed by atoms with Crippen LogP contribution in [0.4, 0.5) is 18.9 Å². The van der Waals surface area contributed by atoms with E-state index in [2.05, 4.69) is 15.0 Å². The molecule has 0 aromatic heterocycles. The predicted octanol–water partition coefficient (Wildman–Crippen LogP) is 4.82. The molecule has 1 heterocycles. The lowest BCUT2D eigenvalue weighted by Gasteiger charge is -2.26. The lowest BCUT2D eigenvalue weighted by molar-refractivity contribution is 0.577. The number of nitrogens with zero attached hydrogens (tertiary/aromatic N) is 1. The number of hydrogen-bond donors (Lipinski definition) is 2. The molecular weight excluding hydrogens is 439 g/mol. The maximum absolute atomic E-state index is 14.9. The number of sulfonamides is 1. The Balaban J connectivity index is 1.78. The van der Waals surface area contributed by atoms with Crippen molar-refractivity contribution in [2.24, 2.45) is 4.99 Å². The van der Waals surface area contributed by atoms with Crippen molar-refractivity contribution in [1.29, 1.82) is 0 Å². The molecule has 3 aromatic rings. The van der Waals surface area contributed by atoms with Gasteiger partial charge in [0.1, 0.15) is 22.3 Å². The van der Waals surface area contributed by atoms with Crippen LogP contribution in [0.15, 0.2) is 64.5 Å². The normalized spacial score (nSPS) is 16.7. The van der Waals surface area contributed by atoms with E-state index in [9.17, 15) is 21.6 Å². The van der Waals surface area contributed by atoms with Crippen molar-refractivity contribution in [2.45, 2.75) is 31.2 Å². The highest BCUT2D eigenvalue weighted by Crippen LogP contribution is 2.38. The molecule has 0 amide bonds. The lowest BCUT2D eigenvalue weighted by atomic mass is 9.91. The van der Waals surface area contributed by atoms with E-state index >= 15 is 0 Å². The number of hydrogen-bond acceptors (Lipinski definition) is 3. The first kappa shape index (κ1) is 21.9. The molecule has 0 radical (unpaired) electrons. The molecular formula is C23H20F3N3O2S. The Morgan fingerprint density at radius 1 is 0.938 bits per heavy atom. The third-order valence-electron chi connectivity index (χ3n) is 5.51. The van der Waals surface area contributed by atoms with Gasteiger partial charge in [0.05, 0.1) is 12.2 Å². The van der Waals surface area contributed by atoms with E-state index in [1.807, 2.05) is 0 Å². The van der Waals surface area contributed by atoms with Crippen LogP contribution in [0.2, 0.25) is 0 Å². The van der Waals surface area contributed by atoms with Crippen LogP contribution >= 0.6 is 0 Å². The van der Waals surface area contributed by atoms with Crippen molar-refractivity contribution < 1.29 is 21.6 Å². The van der Waals surface area contributed by atoms with Gasteiger partial charge < -0.3 is 5.32 Å². The Hall–Kier alpha value is -3.33. The summed E-state index contributed by atoms with van der Waals surface area (Å²) >= 11 is 0. The molecule has 1 aliphatic rings. The zero-order valence-corrected chi connectivity index (χ0v) is 18.1. The summed E-state index contributed by atoms with van der Waals surface area (Å²) in [6.07, 6.45) is 0. The van der Waals surface area contributed by atoms with Gasteiger partial charge in [-0.25, -0.2) is 31.3 Å². The Morgan fingerprint density at radius 3 is 2.41 bits per heavy atom. The second-order valence-electron chi connectivity index (χ2n) is 7.50. The van der Waals surface area contributed by atoms with Gasteiger partial charge >= 0.3 is 0 Å². The second kappa shape index (κ2) is 8.31. The largest absolute Gasteiger partial charge is 0.324 e. The number of fused-ring (bicyclic) bond motifs is 1. The number of anilines is 1. The Bertz CT molecular complexity index is 1340. The molecule has 9 heteroatoms. The van der Waals surface area contributed by atoms with Gasteiger partial charge in [-0.3, -0.25) is 0 Å². The molecule has 166 valence electrons. The standard InChI is InChI=1S/C23H20F3N3O2S/c1-13-15(6-5-9-17(13)24)12-27-23-28-22-20(32(30,31)29-23)11-10-19(26)21(22)14(2)16-7-3-4-8-18(16)25/h3-11,14H,12H2,1-2H3,(H2,27,28,29). The van der Waals surface area contributed by atoms with Crippen molar-refractivity contribution >= 4 is 21.7 Å². The van der Waals surface area contributed by atoms with Crippen LogP contribution in [0, 0.1) is 24.4 Å². The van der Waals surface area contributed by atoms with Crippen LogP contribution in [0.3, 0.4) is 0 Å². The van der Waals surface area contributed by atoms with E-state index < -0.39 is 33.4 Å². The van der Waals surface area contributed by atoms with Gasteiger partial charge in [0.25, 0.3) is 10.0 Å².